The zero-order valence-electron chi connectivity index (χ0n) is 9.91. The van der Waals surface area contributed by atoms with Crippen LogP contribution in [0.15, 0.2) is 17.5 Å². The topological polar surface area (TPSA) is 32.3 Å². The summed E-state index contributed by atoms with van der Waals surface area (Å²) in [4.78, 5) is 1.34. The molecule has 0 amide bonds. The van der Waals surface area contributed by atoms with Crippen molar-refractivity contribution in [2.75, 3.05) is 6.54 Å². The van der Waals surface area contributed by atoms with E-state index in [9.17, 15) is 5.11 Å². The monoisotopic (exact) mass is 239 g/mol. The van der Waals surface area contributed by atoms with Crippen molar-refractivity contribution in [3.8, 4) is 0 Å². The van der Waals surface area contributed by atoms with E-state index in [1.54, 1.807) is 11.3 Å². The van der Waals surface area contributed by atoms with Gasteiger partial charge in [-0.3, -0.25) is 0 Å². The molecule has 2 N–H and O–H groups in total. The molecule has 16 heavy (non-hydrogen) atoms. The highest BCUT2D eigenvalue weighted by Gasteiger charge is 2.31. The standard InChI is InChI=1S/C13H21NOS/c1-11-4-6-13(15,7-5-11)10-14-9-12-3-2-8-16-12/h2-3,8,11,14-15H,4-7,9-10H2,1H3. The predicted molar refractivity (Wildman–Crippen MR) is 68.6 cm³/mol. The van der Waals surface area contributed by atoms with Crippen LogP contribution >= 0.6 is 11.3 Å². The fraction of sp³-hybridized carbons (Fsp3) is 0.692. The van der Waals surface area contributed by atoms with Crippen LogP contribution in [-0.4, -0.2) is 17.3 Å². The van der Waals surface area contributed by atoms with E-state index in [1.165, 1.54) is 4.88 Å². The van der Waals surface area contributed by atoms with Gasteiger partial charge in [0.05, 0.1) is 5.60 Å². The molecule has 90 valence electrons. The average molecular weight is 239 g/mol. The second-order valence-electron chi connectivity index (χ2n) is 5.09. The maximum absolute atomic E-state index is 10.4. The van der Waals surface area contributed by atoms with Gasteiger partial charge in [0.2, 0.25) is 0 Å². The van der Waals surface area contributed by atoms with Crippen LogP contribution in [0.2, 0.25) is 0 Å². The van der Waals surface area contributed by atoms with Crippen molar-refractivity contribution >= 4 is 11.3 Å². The molecule has 0 unspecified atom stereocenters. The van der Waals surface area contributed by atoms with Crippen LogP contribution in [0.4, 0.5) is 0 Å². The van der Waals surface area contributed by atoms with Crippen molar-refractivity contribution in [1.82, 2.24) is 5.32 Å². The Labute approximate surface area is 102 Å². The van der Waals surface area contributed by atoms with E-state index in [2.05, 4.69) is 29.8 Å². The predicted octanol–water partition coefficient (Wildman–Crippen LogP) is 2.78. The lowest BCUT2D eigenvalue weighted by Gasteiger charge is -2.35. The molecule has 1 aliphatic rings. The highest BCUT2D eigenvalue weighted by molar-refractivity contribution is 7.09. The quantitative estimate of drug-likeness (QED) is 0.847. The number of rotatable bonds is 4. The molecule has 1 aromatic heterocycles. The molecule has 0 aromatic carbocycles. The minimum Gasteiger partial charge on any atom is -0.389 e. The second-order valence-corrected chi connectivity index (χ2v) is 6.12. The maximum Gasteiger partial charge on any atom is 0.0771 e. The van der Waals surface area contributed by atoms with Gasteiger partial charge in [0, 0.05) is 18.0 Å². The van der Waals surface area contributed by atoms with E-state index >= 15 is 0 Å². The Morgan fingerprint density at radius 2 is 2.25 bits per heavy atom. The van der Waals surface area contributed by atoms with Crippen molar-refractivity contribution in [1.29, 1.82) is 0 Å². The van der Waals surface area contributed by atoms with Gasteiger partial charge in [-0.05, 0) is 43.0 Å². The van der Waals surface area contributed by atoms with E-state index in [-0.39, 0.29) is 0 Å². The molecule has 1 saturated carbocycles. The van der Waals surface area contributed by atoms with Gasteiger partial charge in [0.1, 0.15) is 0 Å². The normalized spacial score (nSPS) is 30.5. The third-order valence-electron chi connectivity index (χ3n) is 3.54. The lowest BCUT2D eigenvalue weighted by Crippen LogP contribution is -2.43. The Morgan fingerprint density at radius 1 is 1.50 bits per heavy atom. The molecular formula is C13H21NOS. The number of aliphatic hydroxyl groups is 1. The summed E-state index contributed by atoms with van der Waals surface area (Å²) in [7, 11) is 0. The number of hydrogen-bond donors (Lipinski definition) is 2. The summed E-state index contributed by atoms with van der Waals surface area (Å²) in [5.41, 5.74) is -0.455. The zero-order chi connectivity index (χ0) is 11.4. The Bertz CT molecular complexity index is 302. The summed E-state index contributed by atoms with van der Waals surface area (Å²) in [6.45, 7) is 3.89. The fourth-order valence-electron chi connectivity index (χ4n) is 2.31. The fourth-order valence-corrected chi connectivity index (χ4v) is 2.98. The Morgan fingerprint density at radius 3 is 2.88 bits per heavy atom. The van der Waals surface area contributed by atoms with E-state index in [4.69, 9.17) is 0 Å². The van der Waals surface area contributed by atoms with Crippen LogP contribution in [0.3, 0.4) is 0 Å². The van der Waals surface area contributed by atoms with Crippen LogP contribution in [0.25, 0.3) is 0 Å². The minimum atomic E-state index is -0.455. The van der Waals surface area contributed by atoms with Gasteiger partial charge in [-0.25, -0.2) is 0 Å². The molecule has 2 rings (SSSR count). The van der Waals surface area contributed by atoms with Gasteiger partial charge >= 0.3 is 0 Å². The van der Waals surface area contributed by atoms with Gasteiger partial charge in [-0.15, -0.1) is 11.3 Å². The minimum absolute atomic E-state index is 0.455. The van der Waals surface area contributed by atoms with Crippen molar-refractivity contribution < 1.29 is 5.11 Å². The molecule has 1 heterocycles. The van der Waals surface area contributed by atoms with Gasteiger partial charge in [0.15, 0.2) is 0 Å². The smallest absolute Gasteiger partial charge is 0.0771 e. The molecule has 3 heteroatoms. The molecule has 0 bridgehead atoms. The van der Waals surface area contributed by atoms with Crippen LogP contribution in [0.5, 0.6) is 0 Å². The van der Waals surface area contributed by atoms with Gasteiger partial charge in [0.25, 0.3) is 0 Å². The number of nitrogens with one attached hydrogen (secondary N) is 1. The third-order valence-corrected chi connectivity index (χ3v) is 4.41. The molecule has 1 aromatic rings. The van der Waals surface area contributed by atoms with Crippen LogP contribution in [-0.2, 0) is 6.54 Å². The molecule has 0 radical (unpaired) electrons. The molecule has 2 nitrogen and oxygen atoms in total. The summed E-state index contributed by atoms with van der Waals surface area (Å²) in [5.74, 6) is 0.789. The Hall–Kier alpha value is -0.380. The first-order chi connectivity index (χ1) is 7.68. The van der Waals surface area contributed by atoms with Gasteiger partial charge < -0.3 is 10.4 Å². The highest BCUT2D eigenvalue weighted by Crippen LogP contribution is 2.31. The summed E-state index contributed by atoms with van der Waals surface area (Å²) in [6.07, 6.45) is 4.23. The second kappa shape index (κ2) is 5.30. The van der Waals surface area contributed by atoms with Crippen molar-refractivity contribution in [2.24, 2.45) is 5.92 Å². The summed E-state index contributed by atoms with van der Waals surface area (Å²) >= 11 is 1.76. The Balaban J connectivity index is 1.73. The first-order valence-corrected chi connectivity index (χ1v) is 7.01. The lowest BCUT2D eigenvalue weighted by molar-refractivity contribution is -0.00625. The number of thiophene rings is 1. The highest BCUT2D eigenvalue weighted by atomic mass is 32.1. The average Bonchev–Trinajstić information content (AvgIpc) is 2.76. The molecule has 0 saturated heterocycles. The van der Waals surface area contributed by atoms with Crippen LogP contribution < -0.4 is 5.32 Å². The summed E-state index contributed by atoms with van der Waals surface area (Å²) in [5, 5.41) is 15.8. The molecule has 0 spiro atoms. The van der Waals surface area contributed by atoms with Crippen molar-refractivity contribution in [3.05, 3.63) is 22.4 Å². The van der Waals surface area contributed by atoms with E-state index in [0.717, 1.165) is 44.7 Å². The largest absolute Gasteiger partial charge is 0.389 e. The lowest BCUT2D eigenvalue weighted by atomic mass is 9.79. The molecule has 1 aliphatic carbocycles. The van der Waals surface area contributed by atoms with Crippen molar-refractivity contribution in [3.63, 3.8) is 0 Å². The SMILES string of the molecule is CC1CCC(O)(CNCc2cccs2)CC1. The summed E-state index contributed by atoms with van der Waals surface area (Å²) < 4.78 is 0. The van der Waals surface area contributed by atoms with Crippen molar-refractivity contribution in [2.45, 2.75) is 44.8 Å². The van der Waals surface area contributed by atoms with E-state index < -0.39 is 5.60 Å². The first-order valence-electron chi connectivity index (χ1n) is 6.13. The molecule has 0 atom stereocenters. The zero-order valence-corrected chi connectivity index (χ0v) is 10.7. The van der Waals surface area contributed by atoms with Gasteiger partial charge in [-0.2, -0.15) is 0 Å². The summed E-state index contributed by atoms with van der Waals surface area (Å²) in [6, 6.07) is 4.20. The third kappa shape index (κ3) is 3.30. The number of hydrogen-bond acceptors (Lipinski definition) is 3. The Kier molecular flexibility index (Phi) is 4.00. The van der Waals surface area contributed by atoms with Crippen LogP contribution in [0, 0.1) is 5.92 Å². The maximum atomic E-state index is 10.4. The molecular weight excluding hydrogens is 218 g/mol. The van der Waals surface area contributed by atoms with Gasteiger partial charge in [-0.1, -0.05) is 13.0 Å². The van der Waals surface area contributed by atoms with Crippen LogP contribution in [0.1, 0.15) is 37.5 Å². The molecule has 0 aliphatic heterocycles. The van der Waals surface area contributed by atoms with E-state index in [0.29, 0.717) is 0 Å². The molecule has 1 fully saturated rings. The van der Waals surface area contributed by atoms with E-state index in [1.807, 2.05) is 0 Å². The first kappa shape index (κ1) is 12.1.